The molecule has 0 aromatic heterocycles. The first-order valence-corrected chi connectivity index (χ1v) is 7.66. The van der Waals surface area contributed by atoms with E-state index in [1.54, 1.807) is 0 Å². The van der Waals surface area contributed by atoms with E-state index in [2.05, 4.69) is 16.8 Å². The molecule has 0 amide bonds. The van der Waals surface area contributed by atoms with Crippen molar-refractivity contribution in [3.05, 3.63) is 0 Å². The Balaban J connectivity index is 1.86. The van der Waals surface area contributed by atoms with Crippen molar-refractivity contribution >= 4 is 0 Å². The highest BCUT2D eigenvalue weighted by Gasteiger charge is 2.32. The van der Waals surface area contributed by atoms with Crippen molar-refractivity contribution in [2.24, 2.45) is 5.92 Å². The maximum absolute atomic E-state index is 5.37. The normalized spacial score (nSPS) is 34.6. The topological polar surface area (TPSA) is 24.9 Å². The fraction of sp³-hybridized carbons (Fsp3) is 1.00. The van der Waals surface area contributed by atoms with E-state index in [0.29, 0.717) is 6.04 Å². The monoisotopic (exact) mass is 270 g/mol. The van der Waals surface area contributed by atoms with E-state index in [1.807, 2.05) is 14.2 Å². The SMILES string of the molecule is COCC1CCCN([C@H]2CCN(C)C(COC)C2)C1. The van der Waals surface area contributed by atoms with E-state index in [-0.39, 0.29) is 0 Å². The van der Waals surface area contributed by atoms with E-state index in [0.717, 1.165) is 25.2 Å². The van der Waals surface area contributed by atoms with Gasteiger partial charge >= 0.3 is 0 Å². The van der Waals surface area contributed by atoms with Crippen LogP contribution in [0, 0.1) is 5.92 Å². The highest BCUT2D eigenvalue weighted by molar-refractivity contribution is 4.87. The number of hydrogen-bond donors (Lipinski definition) is 0. The average Bonchev–Trinajstić information content (AvgIpc) is 2.42. The van der Waals surface area contributed by atoms with Crippen molar-refractivity contribution in [1.82, 2.24) is 9.80 Å². The van der Waals surface area contributed by atoms with Gasteiger partial charge in [-0.1, -0.05) is 0 Å². The second kappa shape index (κ2) is 7.58. The van der Waals surface area contributed by atoms with Crippen LogP contribution >= 0.6 is 0 Å². The molecule has 2 aliphatic rings. The molecule has 2 rings (SSSR count). The standard InChI is InChI=1S/C15H30N2O2/c1-16-8-6-14(9-15(16)12-19-3)17-7-4-5-13(10-17)11-18-2/h13-15H,4-12H2,1-3H3/t13?,14-,15?/m0/s1. The quantitative estimate of drug-likeness (QED) is 0.755. The molecule has 3 atom stereocenters. The zero-order valence-corrected chi connectivity index (χ0v) is 12.8. The maximum atomic E-state index is 5.37. The third-order valence-electron chi connectivity index (χ3n) is 4.81. The number of likely N-dealkylation sites (N-methyl/N-ethyl adjacent to an activating group) is 1. The Labute approximate surface area is 118 Å². The second-order valence-corrected chi connectivity index (χ2v) is 6.23. The lowest BCUT2D eigenvalue weighted by Gasteiger charge is -2.44. The van der Waals surface area contributed by atoms with Gasteiger partial charge in [0.15, 0.2) is 0 Å². The third-order valence-corrected chi connectivity index (χ3v) is 4.81. The molecule has 2 aliphatic heterocycles. The van der Waals surface area contributed by atoms with Crippen LogP contribution in [0.4, 0.5) is 0 Å². The fourth-order valence-electron chi connectivity index (χ4n) is 3.67. The molecular weight excluding hydrogens is 240 g/mol. The first kappa shape index (κ1) is 15.2. The highest BCUT2D eigenvalue weighted by Crippen LogP contribution is 2.26. The van der Waals surface area contributed by atoms with Crippen LogP contribution in [0.2, 0.25) is 0 Å². The molecule has 4 nitrogen and oxygen atoms in total. The molecule has 4 heteroatoms. The van der Waals surface area contributed by atoms with Crippen molar-refractivity contribution in [3.8, 4) is 0 Å². The van der Waals surface area contributed by atoms with Crippen LogP contribution in [0.3, 0.4) is 0 Å². The summed E-state index contributed by atoms with van der Waals surface area (Å²) in [4.78, 5) is 5.17. The van der Waals surface area contributed by atoms with Crippen LogP contribution in [-0.4, -0.2) is 76.0 Å². The number of likely N-dealkylation sites (tertiary alicyclic amines) is 2. The van der Waals surface area contributed by atoms with Gasteiger partial charge < -0.3 is 14.4 Å². The molecule has 2 saturated heterocycles. The predicted octanol–water partition coefficient (Wildman–Crippen LogP) is 1.45. The van der Waals surface area contributed by atoms with E-state index >= 15 is 0 Å². The number of piperidine rings is 2. The Morgan fingerprint density at radius 3 is 2.58 bits per heavy atom. The van der Waals surface area contributed by atoms with Crippen LogP contribution in [0.15, 0.2) is 0 Å². The molecule has 2 heterocycles. The Morgan fingerprint density at radius 2 is 1.84 bits per heavy atom. The first-order valence-electron chi connectivity index (χ1n) is 7.66. The third kappa shape index (κ3) is 4.15. The van der Waals surface area contributed by atoms with Gasteiger partial charge in [-0.15, -0.1) is 0 Å². The molecule has 0 spiro atoms. The van der Waals surface area contributed by atoms with Gasteiger partial charge in [-0.3, -0.25) is 4.90 Å². The highest BCUT2D eigenvalue weighted by atomic mass is 16.5. The van der Waals surface area contributed by atoms with Crippen LogP contribution in [0.1, 0.15) is 25.7 Å². The van der Waals surface area contributed by atoms with Crippen molar-refractivity contribution in [2.45, 2.75) is 37.8 Å². The molecule has 0 bridgehead atoms. The number of nitrogens with zero attached hydrogens (tertiary/aromatic N) is 2. The zero-order chi connectivity index (χ0) is 13.7. The summed E-state index contributed by atoms with van der Waals surface area (Å²) in [5.41, 5.74) is 0. The van der Waals surface area contributed by atoms with Crippen molar-refractivity contribution in [3.63, 3.8) is 0 Å². The minimum atomic E-state index is 0.589. The van der Waals surface area contributed by atoms with Gasteiger partial charge in [-0.05, 0) is 51.7 Å². The number of methoxy groups -OCH3 is 2. The summed E-state index contributed by atoms with van der Waals surface area (Å²) in [5, 5.41) is 0. The smallest absolute Gasteiger partial charge is 0.0618 e. The molecule has 0 saturated carbocycles. The van der Waals surface area contributed by atoms with Crippen molar-refractivity contribution in [1.29, 1.82) is 0 Å². The lowest BCUT2D eigenvalue weighted by Crippen LogP contribution is -2.52. The Bertz CT molecular complexity index is 261. The number of hydrogen-bond acceptors (Lipinski definition) is 4. The lowest BCUT2D eigenvalue weighted by atomic mass is 9.92. The largest absolute Gasteiger partial charge is 0.384 e. The molecule has 0 aliphatic carbocycles. The number of ether oxygens (including phenoxy) is 2. The minimum absolute atomic E-state index is 0.589. The molecule has 0 aromatic carbocycles. The van der Waals surface area contributed by atoms with Crippen molar-refractivity contribution < 1.29 is 9.47 Å². The molecule has 0 radical (unpaired) electrons. The summed E-state index contributed by atoms with van der Waals surface area (Å²) in [5.74, 6) is 0.735. The van der Waals surface area contributed by atoms with E-state index < -0.39 is 0 Å². The van der Waals surface area contributed by atoms with Crippen LogP contribution in [0.5, 0.6) is 0 Å². The zero-order valence-electron chi connectivity index (χ0n) is 12.8. The summed E-state index contributed by atoms with van der Waals surface area (Å²) >= 11 is 0. The Morgan fingerprint density at radius 1 is 1.05 bits per heavy atom. The lowest BCUT2D eigenvalue weighted by molar-refractivity contribution is 0.0116. The molecule has 2 fully saturated rings. The summed E-state index contributed by atoms with van der Waals surface area (Å²) < 4.78 is 10.7. The Kier molecular flexibility index (Phi) is 6.07. The molecular formula is C15H30N2O2. The second-order valence-electron chi connectivity index (χ2n) is 6.23. The van der Waals surface area contributed by atoms with Crippen LogP contribution < -0.4 is 0 Å². The van der Waals surface area contributed by atoms with Gasteiger partial charge in [-0.25, -0.2) is 0 Å². The minimum Gasteiger partial charge on any atom is -0.384 e. The Hall–Kier alpha value is -0.160. The predicted molar refractivity (Wildman–Crippen MR) is 77.5 cm³/mol. The fourth-order valence-corrected chi connectivity index (χ4v) is 3.67. The summed E-state index contributed by atoms with van der Waals surface area (Å²) in [6.07, 6.45) is 5.22. The maximum Gasteiger partial charge on any atom is 0.0618 e. The van der Waals surface area contributed by atoms with E-state index in [1.165, 1.54) is 45.3 Å². The molecule has 2 unspecified atom stereocenters. The van der Waals surface area contributed by atoms with Gasteiger partial charge in [0.05, 0.1) is 13.2 Å². The van der Waals surface area contributed by atoms with Crippen LogP contribution in [0.25, 0.3) is 0 Å². The summed E-state index contributed by atoms with van der Waals surface area (Å²) in [6.45, 7) is 5.48. The van der Waals surface area contributed by atoms with Crippen LogP contribution in [-0.2, 0) is 9.47 Å². The average molecular weight is 270 g/mol. The molecule has 19 heavy (non-hydrogen) atoms. The van der Waals surface area contributed by atoms with Crippen molar-refractivity contribution in [2.75, 3.05) is 54.1 Å². The summed E-state index contributed by atoms with van der Waals surface area (Å²) in [7, 11) is 5.86. The van der Waals surface area contributed by atoms with Gasteiger partial charge in [0.2, 0.25) is 0 Å². The molecule has 0 aromatic rings. The summed E-state index contributed by atoms with van der Waals surface area (Å²) in [6, 6.07) is 1.34. The van der Waals surface area contributed by atoms with Gasteiger partial charge in [-0.2, -0.15) is 0 Å². The van der Waals surface area contributed by atoms with E-state index in [9.17, 15) is 0 Å². The first-order chi connectivity index (χ1) is 9.24. The van der Waals surface area contributed by atoms with Gasteiger partial charge in [0.1, 0.15) is 0 Å². The number of rotatable bonds is 5. The van der Waals surface area contributed by atoms with Gasteiger partial charge in [0, 0.05) is 32.8 Å². The molecule has 112 valence electrons. The van der Waals surface area contributed by atoms with Gasteiger partial charge in [0.25, 0.3) is 0 Å². The van der Waals surface area contributed by atoms with E-state index in [4.69, 9.17) is 9.47 Å². The molecule has 0 N–H and O–H groups in total.